The summed E-state index contributed by atoms with van der Waals surface area (Å²) in [5.74, 6) is -0.00895. The van der Waals surface area contributed by atoms with Crippen LogP contribution in [0.1, 0.15) is 418 Å². The number of aliphatic hydroxyl groups excluding tert-OH is 2. The van der Waals surface area contributed by atoms with Gasteiger partial charge in [-0.25, -0.2) is 0 Å². The van der Waals surface area contributed by atoms with E-state index in [1.165, 1.54) is 347 Å². The van der Waals surface area contributed by atoms with E-state index in [9.17, 15) is 19.8 Å². The first-order valence-corrected chi connectivity index (χ1v) is 36.4. The van der Waals surface area contributed by atoms with E-state index in [1.807, 2.05) is 0 Å². The van der Waals surface area contributed by atoms with Crippen LogP contribution in [0.2, 0.25) is 0 Å². The topological polar surface area (TPSA) is 95.9 Å². The Labute approximate surface area is 495 Å². The molecule has 0 saturated heterocycles. The van der Waals surface area contributed by atoms with Crippen molar-refractivity contribution in [2.24, 2.45) is 0 Å². The molecule has 6 heteroatoms. The van der Waals surface area contributed by atoms with Crippen molar-refractivity contribution < 1.29 is 24.5 Å². The largest absolute Gasteiger partial charge is 0.466 e. The van der Waals surface area contributed by atoms with E-state index in [-0.39, 0.29) is 18.5 Å². The van der Waals surface area contributed by atoms with Crippen molar-refractivity contribution in [2.75, 3.05) is 13.2 Å². The summed E-state index contributed by atoms with van der Waals surface area (Å²) in [6.45, 7) is 5.00. The summed E-state index contributed by atoms with van der Waals surface area (Å²) in [5.41, 5.74) is 0. The highest BCUT2D eigenvalue weighted by Gasteiger charge is 2.20. The van der Waals surface area contributed by atoms with Crippen LogP contribution < -0.4 is 5.32 Å². The van der Waals surface area contributed by atoms with Crippen LogP contribution in [0.25, 0.3) is 0 Å². The van der Waals surface area contributed by atoms with Gasteiger partial charge in [0.25, 0.3) is 0 Å². The third-order valence-corrected chi connectivity index (χ3v) is 17.3. The van der Waals surface area contributed by atoms with Crippen LogP contribution in [-0.2, 0) is 14.3 Å². The molecular weight excluding hydrogens is 971 g/mol. The van der Waals surface area contributed by atoms with Crippen molar-refractivity contribution >= 4 is 11.9 Å². The smallest absolute Gasteiger partial charge is 0.305 e. The van der Waals surface area contributed by atoms with Gasteiger partial charge < -0.3 is 20.3 Å². The fourth-order valence-corrected chi connectivity index (χ4v) is 11.8. The summed E-state index contributed by atoms with van der Waals surface area (Å²) >= 11 is 0. The van der Waals surface area contributed by atoms with Crippen molar-refractivity contribution in [1.29, 1.82) is 0 Å². The summed E-state index contributed by atoms with van der Waals surface area (Å²) in [6.07, 6.45) is 85.6. The Balaban J connectivity index is 3.35. The average Bonchev–Trinajstić information content (AvgIpc) is 3.45. The monoisotopic (exact) mass is 1110 g/mol. The molecule has 0 saturated carbocycles. The van der Waals surface area contributed by atoms with E-state index in [2.05, 4.69) is 31.3 Å². The predicted molar refractivity (Wildman–Crippen MR) is 347 cm³/mol. The molecule has 79 heavy (non-hydrogen) atoms. The number of allylic oxidation sites excluding steroid dienone is 2. The van der Waals surface area contributed by atoms with Crippen LogP contribution in [0.15, 0.2) is 12.2 Å². The molecule has 0 spiro atoms. The summed E-state index contributed by atoms with van der Waals surface area (Å²) < 4.78 is 5.50. The molecular formula is C73H143NO5. The average molecular weight is 1110 g/mol. The Morgan fingerprint density at radius 3 is 0.899 bits per heavy atom. The number of hydrogen-bond acceptors (Lipinski definition) is 5. The zero-order chi connectivity index (χ0) is 57.1. The third-order valence-electron chi connectivity index (χ3n) is 17.3. The van der Waals surface area contributed by atoms with E-state index in [4.69, 9.17) is 4.74 Å². The highest BCUT2D eigenvalue weighted by atomic mass is 16.5. The van der Waals surface area contributed by atoms with Crippen LogP contribution in [0.5, 0.6) is 0 Å². The van der Waals surface area contributed by atoms with Crippen LogP contribution >= 0.6 is 0 Å². The second-order valence-corrected chi connectivity index (χ2v) is 25.3. The lowest BCUT2D eigenvalue weighted by Gasteiger charge is -2.22. The molecule has 3 N–H and O–H groups in total. The second-order valence-electron chi connectivity index (χ2n) is 25.3. The molecule has 0 radical (unpaired) electrons. The number of aliphatic hydroxyl groups is 2. The predicted octanol–water partition coefficient (Wildman–Crippen LogP) is 23.5. The normalized spacial score (nSPS) is 12.5. The molecule has 6 nitrogen and oxygen atoms in total. The number of unbranched alkanes of at least 4 members (excludes halogenated alkanes) is 56. The summed E-state index contributed by atoms with van der Waals surface area (Å²) in [4.78, 5) is 24.6. The van der Waals surface area contributed by atoms with Gasteiger partial charge in [-0.15, -0.1) is 0 Å². The molecule has 0 aliphatic rings. The minimum Gasteiger partial charge on any atom is -0.466 e. The van der Waals surface area contributed by atoms with Gasteiger partial charge in [0.2, 0.25) is 5.91 Å². The maximum absolute atomic E-state index is 12.5. The molecule has 0 bridgehead atoms. The van der Waals surface area contributed by atoms with Crippen LogP contribution in [0.4, 0.5) is 0 Å². The van der Waals surface area contributed by atoms with Crippen molar-refractivity contribution in [3.8, 4) is 0 Å². The molecule has 2 atom stereocenters. The van der Waals surface area contributed by atoms with Gasteiger partial charge in [-0.05, 0) is 51.4 Å². The lowest BCUT2D eigenvalue weighted by atomic mass is 10.0. The molecule has 0 aromatic carbocycles. The van der Waals surface area contributed by atoms with Crippen LogP contribution in [0.3, 0.4) is 0 Å². The lowest BCUT2D eigenvalue weighted by Crippen LogP contribution is -2.45. The Morgan fingerprint density at radius 2 is 0.595 bits per heavy atom. The molecule has 0 fully saturated rings. The van der Waals surface area contributed by atoms with Gasteiger partial charge in [0, 0.05) is 12.8 Å². The second kappa shape index (κ2) is 69.1. The van der Waals surface area contributed by atoms with E-state index in [1.54, 1.807) is 0 Å². The maximum atomic E-state index is 12.5. The first kappa shape index (κ1) is 77.6. The minimum atomic E-state index is -0.663. The Morgan fingerprint density at radius 1 is 0.342 bits per heavy atom. The molecule has 0 aromatic rings. The fourth-order valence-electron chi connectivity index (χ4n) is 11.8. The van der Waals surface area contributed by atoms with Crippen molar-refractivity contribution in [1.82, 2.24) is 5.32 Å². The first-order chi connectivity index (χ1) is 39.0. The fraction of sp³-hybridized carbons (Fsp3) is 0.945. The Bertz CT molecular complexity index is 1190. The van der Waals surface area contributed by atoms with Gasteiger partial charge in [0.05, 0.1) is 25.4 Å². The molecule has 0 aliphatic carbocycles. The van der Waals surface area contributed by atoms with Crippen molar-refractivity contribution in [3.63, 3.8) is 0 Å². The van der Waals surface area contributed by atoms with E-state index < -0.39 is 12.1 Å². The summed E-state index contributed by atoms with van der Waals surface area (Å²) in [6, 6.07) is -0.540. The van der Waals surface area contributed by atoms with Gasteiger partial charge in [0.1, 0.15) is 0 Å². The van der Waals surface area contributed by atoms with Crippen molar-refractivity contribution in [2.45, 2.75) is 431 Å². The highest BCUT2D eigenvalue weighted by Crippen LogP contribution is 2.19. The van der Waals surface area contributed by atoms with Crippen LogP contribution in [0, 0.1) is 0 Å². The highest BCUT2D eigenvalue weighted by molar-refractivity contribution is 5.76. The number of hydrogen-bond donors (Lipinski definition) is 3. The SMILES string of the molecule is CCCCCCCCCCCCCCCCCCCC(O)C(CO)NC(=O)CCCCCCCCCCCCCCC/C=C\CCCCCCCCCCCCCCOC(=O)CCCCCCCCCCCCCCCCCC. The first-order valence-electron chi connectivity index (χ1n) is 36.4. The molecule has 0 heterocycles. The zero-order valence-corrected chi connectivity index (χ0v) is 53.9. The lowest BCUT2D eigenvalue weighted by molar-refractivity contribution is -0.143. The molecule has 0 rings (SSSR count). The molecule has 0 aliphatic heterocycles. The number of amides is 1. The molecule has 0 aromatic heterocycles. The summed E-state index contributed by atoms with van der Waals surface area (Å²) in [5, 5.41) is 23.4. The van der Waals surface area contributed by atoms with E-state index in [0.717, 1.165) is 38.5 Å². The molecule has 2 unspecified atom stereocenters. The molecule has 470 valence electrons. The number of rotatable bonds is 69. The maximum Gasteiger partial charge on any atom is 0.305 e. The van der Waals surface area contributed by atoms with Crippen molar-refractivity contribution in [3.05, 3.63) is 12.2 Å². The number of nitrogens with one attached hydrogen (secondary N) is 1. The minimum absolute atomic E-state index is 0.0211. The summed E-state index contributed by atoms with van der Waals surface area (Å²) in [7, 11) is 0. The van der Waals surface area contributed by atoms with Crippen LogP contribution in [-0.4, -0.2) is 47.4 Å². The van der Waals surface area contributed by atoms with Gasteiger partial charge in [-0.3, -0.25) is 9.59 Å². The number of esters is 1. The Kier molecular flexibility index (Phi) is 67.9. The zero-order valence-electron chi connectivity index (χ0n) is 53.9. The van der Waals surface area contributed by atoms with Gasteiger partial charge >= 0.3 is 5.97 Å². The number of carbonyl (C=O) groups excluding carboxylic acids is 2. The van der Waals surface area contributed by atoms with Gasteiger partial charge in [-0.2, -0.15) is 0 Å². The van der Waals surface area contributed by atoms with E-state index in [0.29, 0.717) is 25.9 Å². The Hall–Kier alpha value is -1.40. The number of ether oxygens (including phenoxy) is 1. The third kappa shape index (κ3) is 65.6. The molecule has 1 amide bonds. The van der Waals surface area contributed by atoms with Gasteiger partial charge in [0.15, 0.2) is 0 Å². The quantitative estimate of drug-likeness (QED) is 0.0320. The van der Waals surface area contributed by atoms with Gasteiger partial charge in [-0.1, -0.05) is 366 Å². The van der Waals surface area contributed by atoms with E-state index >= 15 is 0 Å². The standard InChI is InChI=1S/C73H143NO5/c1-3-5-7-9-11-13-15-17-19-34-37-41-45-49-53-57-61-65-71(76)70(69-75)74-72(77)66-62-58-54-50-46-42-38-35-32-30-28-26-24-22-21-23-25-27-29-31-33-36-40-44-48-52-56-60-64-68-79-73(78)67-63-59-55-51-47-43-39-20-18-16-14-12-10-8-6-4-2/h21,23,70-71,75-76H,3-20,22,24-69H2,1-2H3,(H,74,77)/b23-21-. The number of carbonyl (C=O) groups is 2.